The number of rotatable bonds is 0. The molecule has 10 heavy (non-hydrogen) atoms. The van der Waals surface area contributed by atoms with E-state index in [1.807, 2.05) is 6.92 Å². The highest BCUT2D eigenvalue weighted by Gasteiger charge is 2.29. The molecule has 1 aliphatic heterocycles. The van der Waals surface area contributed by atoms with E-state index in [9.17, 15) is 4.79 Å². The number of nitrogens with one attached hydrogen (secondary N) is 2. The number of carbonyl (C=O) groups excluding carboxylic acids is 1. The molecule has 2 rings (SSSR count). The Hall–Kier alpha value is -1.39. The smallest absolute Gasteiger partial charge is 0.274 e. The summed E-state index contributed by atoms with van der Waals surface area (Å²) in [7, 11) is 0. The zero-order valence-electron chi connectivity index (χ0n) is 5.38. The molecule has 1 amide bonds. The summed E-state index contributed by atoms with van der Waals surface area (Å²) in [6.07, 6.45) is 0. The van der Waals surface area contributed by atoms with E-state index >= 15 is 0 Å². The van der Waals surface area contributed by atoms with Crippen LogP contribution in [0.3, 0.4) is 0 Å². The van der Waals surface area contributed by atoms with Gasteiger partial charge in [0, 0.05) is 0 Å². The number of carbonyl (C=O) groups is 1. The van der Waals surface area contributed by atoms with Crippen LogP contribution in [-0.2, 0) is 0 Å². The summed E-state index contributed by atoms with van der Waals surface area (Å²) in [5.41, 5.74) is 1.14. The summed E-state index contributed by atoms with van der Waals surface area (Å²) < 4.78 is 0. The van der Waals surface area contributed by atoms with E-state index in [4.69, 9.17) is 0 Å². The molecule has 5 heteroatoms. The first-order valence-corrected chi connectivity index (χ1v) is 3.00. The van der Waals surface area contributed by atoms with Gasteiger partial charge in [-0.25, -0.2) is 0 Å². The summed E-state index contributed by atoms with van der Waals surface area (Å²) in [6.45, 7) is 1.87. The van der Waals surface area contributed by atoms with Crippen molar-refractivity contribution < 1.29 is 4.79 Å². The number of H-pyrrole nitrogens is 1. The molecule has 52 valence electrons. The van der Waals surface area contributed by atoms with Crippen molar-refractivity contribution in [2.24, 2.45) is 0 Å². The average Bonchev–Trinajstić information content (AvgIpc) is 2.39. The summed E-state index contributed by atoms with van der Waals surface area (Å²) in [4.78, 5) is 10.9. The number of aromatic nitrogens is 3. The molecule has 0 fully saturated rings. The van der Waals surface area contributed by atoms with Gasteiger partial charge in [0.25, 0.3) is 5.91 Å². The first-order valence-electron chi connectivity index (χ1n) is 3.00. The van der Waals surface area contributed by atoms with E-state index in [2.05, 4.69) is 20.7 Å². The van der Waals surface area contributed by atoms with Gasteiger partial charge in [-0.05, 0) is 6.92 Å². The van der Waals surface area contributed by atoms with Crippen LogP contribution < -0.4 is 5.32 Å². The van der Waals surface area contributed by atoms with Gasteiger partial charge in [0.2, 0.25) is 0 Å². The molecule has 2 heterocycles. The maximum Gasteiger partial charge on any atom is 0.274 e. The number of fused-ring (bicyclic) bond motifs is 1. The fourth-order valence-corrected chi connectivity index (χ4v) is 1.04. The highest BCUT2D eigenvalue weighted by Crippen LogP contribution is 2.18. The van der Waals surface area contributed by atoms with Crippen LogP contribution >= 0.6 is 0 Å². The molecular weight excluding hydrogens is 132 g/mol. The van der Waals surface area contributed by atoms with Crippen LogP contribution in [0, 0.1) is 0 Å². The van der Waals surface area contributed by atoms with Crippen LogP contribution in [0.4, 0.5) is 0 Å². The van der Waals surface area contributed by atoms with Gasteiger partial charge in [-0.15, -0.1) is 0 Å². The Labute approximate surface area is 56.8 Å². The second kappa shape index (κ2) is 1.56. The van der Waals surface area contributed by atoms with Crippen molar-refractivity contribution in [2.45, 2.75) is 13.0 Å². The maximum absolute atomic E-state index is 10.9. The Balaban J connectivity index is 2.58. The molecule has 0 saturated carbocycles. The summed E-state index contributed by atoms with van der Waals surface area (Å²) in [6, 6.07) is 0.00116. The Morgan fingerprint density at radius 1 is 1.50 bits per heavy atom. The summed E-state index contributed by atoms with van der Waals surface area (Å²) >= 11 is 0. The van der Waals surface area contributed by atoms with Gasteiger partial charge in [0.15, 0.2) is 5.69 Å². The van der Waals surface area contributed by atoms with Crippen LogP contribution in [0.25, 0.3) is 0 Å². The Bertz CT molecular complexity index is 279. The van der Waals surface area contributed by atoms with Crippen molar-refractivity contribution in [2.75, 3.05) is 0 Å². The lowest BCUT2D eigenvalue weighted by molar-refractivity contribution is 0.0953. The van der Waals surface area contributed by atoms with Crippen molar-refractivity contribution in [3.8, 4) is 0 Å². The predicted molar refractivity (Wildman–Crippen MR) is 32.3 cm³/mol. The normalized spacial score (nSPS) is 22.5. The quantitative estimate of drug-likeness (QED) is 0.512. The number of nitrogens with zero attached hydrogens (tertiary/aromatic N) is 2. The molecule has 0 aliphatic carbocycles. The molecule has 1 unspecified atom stereocenters. The molecule has 0 radical (unpaired) electrons. The van der Waals surface area contributed by atoms with Crippen LogP contribution in [0.2, 0.25) is 0 Å². The zero-order valence-corrected chi connectivity index (χ0v) is 5.38. The van der Waals surface area contributed by atoms with Crippen molar-refractivity contribution in [3.05, 3.63) is 11.4 Å². The Morgan fingerprint density at radius 3 is 3.00 bits per heavy atom. The van der Waals surface area contributed by atoms with Crippen LogP contribution in [0.5, 0.6) is 0 Å². The third-order valence-electron chi connectivity index (χ3n) is 1.55. The van der Waals surface area contributed by atoms with Gasteiger partial charge in [-0.2, -0.15) is 15.4 Å². The minimum Gasteiger partial charge on any atom is -0.342 e. The maximum atomic E-state index is 10.9. The standard InChI is InChI=1S/C5H6N4O/c1-2-3-4(5(10)6-2)8-9-7-3/h2H,1H3,(H,6,10)(H,7,8,9). The van der Waals surface area contributed by atoms with Crippen molar-refractivity contribution in [1.29, 1.82) is 0 Å². The summed E-state index contributed by atoms with van der Waals surface area (Å²) in [5.74, 6) is -0.142. The molecular formula is C5H6N4O. The predicted octanol–water partition coefficient (Wildman–Crippen LogP) is -0.391. The molecule has 2 N–H and O–H groups in total. The lowest BCUT2D eigenvalue weighted by Crippen LogP contribution is -2.17. The number of hydrogen-bond donors (Lipinski definition) is 2. The van der Waals surface area contributed by atoms with Crippen LogP contribution in [0.15, 0.2) is 0 Å². The third-order valence-corrected chi connectivity index (χ3v) is 1.55. The number of aromatic amines is 1. The molecule has 0 saturated heterocycles. The molecule has 0 spiro atoms. The van der Waals surface area contributed by atoms with Gasteiger partial charge in [-0.3, -0.25) is 4.79 Å². The largest absolute Gasteiger partial charge is 0.342 e. The number of amides is 1. The van der Waals surface area contributed by atoms with Gasteiger partial charge < -0.3 is 5.32 Å². The van der Waals surface area contributed by atoms with E-state index < -0.39 is 0 Å². The van der Waals surface area contributed by atoms with E-state index in [-0.39, 0.29) is 11.9 Å². The van der Waals surface area contributed by atoms with Gasteiger partial charge >= 0.3 is 0 Å². The lowest BCUT2D eigenvalue weighted by Gasteiger charge is -1.97. The van der Waals surface area contributed by atoms with E-state index in [1.54, 1.807) is 0 Å². The molecule has 1 aromatic heterocycles. The average molecular weight is 138 g/mol. The Kier molecular flexibility index (Phi) is 0.841. The number of hydrogen-bond acceptors (Lipinski definition) is 3. The highest BCUT2D eigenvalue weighted by molar-refractivity contribution is 5.96. The molecule has 5 nitrogen and oxygen atoms in total. The molecule has 0 aromatic carbocycles. The van der Waals surface area contributed by atoms with Crippen LogP contribution in [-0.4, -0.2) is 21.3 Å². The first-order chi connectivity index (χ1) is 4.79. The molecule has 1 aromatic rings. The molecule has 1 atom stereocenters. The van der Waals surface area contributed by atoms with Crippen LogP contribution in [0.1, 0.15) is 29.1 Å². The topological polar surface area (TPSA) is 70.7 Å². The van der Waals surface area contributed by atoms with E-state index in [0.717, 1.165) is 0 Å². The Morgan fingerprint density at radius 2 is 2.30 bits per heavy atom. The van der Waals surface area contributed by atoms with Gasteiger partial charge in [0.1, 0.15) is 5.69 Å². The molecule has 1 aliphatic rings. The van der Waals surface area contributed by atoms with E-state index in [0.29, 0.717) is 11.4 Å². The van der Waals surface area contributed by atoms with Crippen molar-refractivity contribution in [3.63, 3.8) is 0 Å². The van der Waals surface area contributed by atoms with Gasteiger partial charge in [0.05, 0.1) is 6.04 Å². The minimum absolute atomic E-state index is 0.00116. The fraction of sp³-hybridized carbons (Fsp3) is 0.400. The fourth-order valence-electron chi connectivity index (χ4n) is 1.04. The van der Waals surface area contributed by atoms with Crippen molar-refractivity contribution >= 4 is 5.91 Å². The second-order valence-electron chi connectivity index (χ2n) is 2.25. The lowest BCUT2D eigenvalue weighted by atomic mass is 10.3. The highest BCUT2D eigenvalue weighted by atomic mass is 16.2. The summed E-state index contributed by atoms with van der Waals surface area (Å²) in [5, 5.41) is 12.6. The monoisotopic (exact) mass is 138 g/mol. The van der Waals surface area contributed by atoms with E-state index in [1.165, 1.54) is 0 Å². The van der Waals surface area contributed by atoms with Gasteiger partial charge in [-0.1, -0.05) is 0 Å². The second-order valence-corrected chi connectivity index (χ2v) is 2.25. The first kappa shape index (κ1) is 5.40. The zero-order chi connectivity index (χ0) is 7.14. The third kappa shape index (κ3) is 0.490. The molecule has 0 bridgehead atoms. The van der Waals surface area contributed by atoms with Crippen molar-refractivity contribution in [1.82, 2.24) is 20.7 Å². The SMILES string of the molecule is CC1NC(=O)c2n[nH]nc21. The minimum atomic E-state index is -0.142.